The molecule has 0 aliphatic heterocycles. The Labute approximate surface area is 172 Å². The van der Waals surface area contributed by atoms with Crippen LogP contribution < -0.4 is 14.8 Å². The van der Waals surface area contributed by atoms with E-state index in [9.17, 15) is 9.59 Å². The van der Waals surface area contributed by atoms with E-state index in [1.807, 2.05) is 32.0 Å². The number of para-hydroxylation sites is 1. The SMILES string of the molecule is CCCCOc1ccc(C(=O)OC(C)C(=O)Nc2c(C)cccc2C)cc1OC. The minimum Gasteiger partial charge on any atom is -0.493 e. The summed E-state index contributed by atoms with van der Waals surface area (Å²) >= 11 is 0. The van der Waals surface area contributed by atoms with Crippen molar-refractivity contribution in [1.29, 1.82) is 0 Å². The minimum absolute atomic E-state index is 0.288. The first-order chi connectivity index (χ1) is 13.9. The first-order valence-electron chi connectivity index (χ1n) is 9.76. The Kier molecular flexibility index (Phi) is 8.07. The molecule has 6 heteroatoms. The zero-order valence-corrected chi connectivity index (χ0v) is 17.7. The molecule has 2 rings (SSSR count). The molecular formula is C23H29NO5. The number of carbonyl (C=O) groups is 2. The number of hydrogen-bond acceptors (Lipinski definition) is 5. The van der Waals surface area contributed by atoms with Crippen molar-refractivity contribution in [3.05, 3.63) is 53.1 Å². The first kappa shape index (κ1) is 22.3. The van der Waals surface area contributed by atoms with Gasteiger partial charge in [-0.1, -0.05) is 31.5 Å². The van der Waals surface area contributed by atoms with Crippen molar-refractivity contribution >= 4 is 17.6 Å². The quantitative estimate of drug-likeness (QED) is 0.490. The van der Waals surface area contributed by atoms with Gasteiger partial charge in [-0.2, -0.15) is 0 Å². The van der Waals surface area contributed by atoms with Gasteiger partial charge in [0, 0.05) is 5.69 Å². The summed E-state index contributed by atoms with van der Waals surface area (Å²) in [5.74, 6) is 0.0244. The zero-order valence-electron chi connectivity index (χ0n) is 17.7. The van der Waals surface area contributed by atoms with E-state index in [4.69, 9.17) is 14.2 Å². The molecule has 0 radical (unpaired) electrons. The number of hydrogen-bond donors (Lipinski definition) is 1. The molecule has 0 saturated carbocycles. The predicted octanol–water partition coefficient (Wildman–Crippen LogP) is 4.67. The van der Waals surface area contributed by atoms with E-state index in [0.717, 1.165) is 29.7 Å². The second kappa shape index (κ2) is 10.5. The highest BCUT2D eigenvalue weighted by atomic mass is 16.5. The van der Waals surface area contributed by atoms with Crippen LogP contribution in [0.25, 0.3) is 0 Å². The first-order valence-corrected chi connectivity index (χ1v) is 9.76. The molecule has 0 fully saturated rings. The average Bonchev–Trinajstić information content (AvgIpc) is 2.70. The molecule has 0 aromatic heterocycles. The number of benzene rings is 2. The molecule has 1 unspecified atom stereocenters. The molecular weight excluding hydrogens is 370 g/mol. The van der Waals surface area contributed by atoms with Crippen LogP contribution in [0.3, 0.4) is 0 Å². The summed E-state index contributed by atoms with van der Waals surface area (Å²) in [7, 11) is 1.51. The fraction of sp³-hybridized carbons (Fsp3) is 0.391. The number of methoxy groups -OCH3 is 1. The van der Waals surface area contributed by atoms with Gasteiger partial charge in [0.1, 0.15) is 0 Å². The lowest BCUT2D eigenvalue weighted by atomic mass is 10.1. The highest BCUT2D eigenvalue weighted by molar-refractivity contribution is 5.98. The number of rotatable bonds is 9. The second-order valence-electron chi connectivity index (χ2n) is 6.87. The van der Waals surface area contributed by atoms with Crippen molar-refractivity contribution in [2.24, 2.45) is 0 Å². The van der Waals surface area contributed by atoms with Crippen LogP contribution in [-0.4, -0.2) is 31.7 Å². The van der Waals surface area contributed by atoms with Crippen molar-refractivity contribution in [3.63, 3.8) is 0 Å². The van der Waals surface area contributed by atoms with E-state index >= 15 is 0 Å². The number of carbonyl (C=O) groups excluding carboxylic acids is 2. The summed E-state index contributed by atoms with van der Waals surface area (Å²) in [6, 6.07) is 10.6. The Balaban J connectivity index is 2.04. The van der Waals surface area contributed by atoms with E-state index in [0.29, 0.717) is 18.1 Å². The van der Waals surface area contributed by atoms with Gasteiger partial charge in [0.2, 0.25) is 0 Å². The monoisotopic (exact) mass is 399 g/mol. The van der Waals surface area contributed by atoms with Crippen molar-refractivity contribution < 1.29 is 23.8 Å². The largest absolute Gasteiger partial charge is 0.493 e. The molecule has 2 aromatic carbocycles. The number of aryl methyl sites for hydroxylation is 2. The molecule has 6 nitrogen and oxygen atoms in total. The second-order valence-corrected chi connectivity index (χ2v) is 6.87. The smallest absolute Gasteiger partial charge is 0.339 e. The van der Waals surface area contributed by atoms with E-state index in [1.165, 1.54) is 7.11 Å². The summed E-state index contributed by atoms with van der Waals surface area (Å²) in [6.45, 7) is 8.02. The topological polar surface area (TPSA) is 73.9 Å². The van der Waals surface area contributed by atoms with Crippen LogP contribution >= 0.6 is 0 Å². The third-order valence-electron chi connectivity index (χ3n) is 4.54. The summed E-state index contributed by atoms with van der Waals surface area (Å²) in [5.41, 5.74) is 2.91. The van der Waals surface area contributed by atoms with Gasteiger partial charge in [-0.15, -0.1) is 0 Å². The number of esters is 1. The molecule has 0 heterocycles. The van der Waals surface area contributed by atoms with Gasteiger partial charge in [-0.3, -0.25) is 4.79 Å². The van der Waals surface area contributed by atoms with Gasteiger partial charge < -0.3 is 19.5 Å². The number of unbranched alkanes of at least 4 members (excludes halogenated alkanes) is 1. The summed E-state index contributed by atoms with van der Waals surface area (Å²) in [6.07, 6.45) is 1.00. The van der Waals surface area contributed by atoms with Crippen LogP contribution in [0.4, 0.5) is 5.69 Å². The lowest BCUT2D eigenvalue weighted by Gasteiger charge is -2.17. The number of ether oxygens (including phenoxy) is 3. The highest BCUT2D eigenvalue weighted by Crippen LogP contribution is 2.29. The Morgan fingerprint density at radius 3 is 2.38 bits per heavy atom. The summed E-state index contributed by atoms with van der Waals surface area (Å²) in [4.78, 5) is 25.0. The molecule has 0 spiro atoms. The maximum absolute atomic E-state index is 12.5. The van der Waals surface area contributed by atoms with Gasteiger partial charge in [-0.05, 0) is 56.5 Å². The lowest BCUT2D eigenvalue weighted by Crippen LogP contribution is -2.30. The third-order valence-corrected chi connectivity index (χ3v) is 4.54. The number of amides is 1. The molecule has 1 amide bonds. The van der Waals surface area contributed by atoms with E-state index in [2.05, 4.69) is 12.2 Å². The fourth-order valence-corrected chi connectivity index (χ4v) is 2.76. The van der Waals surface area contributed by atoms with Crippen LogP contribution in [0.2, 0.25) is 0 Å². The third kappa shape index (κ3) is 5.98. The summed E-state index contributed by atoms with van der Waals surface area (Å²) < 4.78 is 16.3. The minimum atomic E-state index is -0.951. The summed E-state index contributed by atoms with van der Waals surface area (Å²) in [5, 5.41) is 2.83. The van der Waals surface area contributed by atoms with Gasteiger partial charge >= 0.3 is 5.97 Å². The molecule has 0 bridgehead atoms. The van der Waals surface area contributed by atoms with Crippen molar-refractivity contribution in [1.82, 2.24) is 0 Å². The Hall–Kier alpha value is -3.02. The normalized spacial score (nSPS) is 11.5. The molecule has 0 saturated heterocycles. The van der Waals surface area contributed by atoms with Gasteiger partial charge in [0.05, 0.1) is 19.3 Å². The zero-order chi connectivity index (χ0) is 21.4. The molecule has 0 aliphatic rings. The van der Waals surface area contributed by atoms with Crippen molar-refractivity contribution in [2.45, 2.75) is 46.6 Å². The van der Waals surface area contributed by atoms with Gasteiger partial charge in [0.25, 0.3) is 5.91 Å². The van der Waals surface area contributed by atoms with Crippen molar-refractivity contribution in [3.8, 4) is 11.5 Å². The van der Waals surface area contributed by atoms with Crippen LogP contribution in [0.1, 0.15) is 48.2 Å². The highest BCUT2D eigenvalue weighted by Gasteiger charge is 2.21. The molecule has 29 heavy (non-hydrogen) atoms. The van der Waals surface area contributed by atoms with Crippen LogP contribution in [0.5, 0.6) is 11.5 Å². The number of anilines is 1. The Morgan fingerprint density at radius 2 is 1.76 bits per heavy atom. The average molecular weight is 399 g/mol. The van der Waals surface area contributed by atoms with Crippen LogP contribution in [0, 0.1) is 13.8 Å². The van der Waals surface area contributed by atoms with Gasteiger partial charge in [-0.25, -0.2) is 4.79 Å². The Bertz CT molecular complexity index is 842. The van der Waals surface area contributed by atoms with E-state index in [-0.39, 0.29) is 11.5 Å². The Morgan fingerprint density at radius 1 is 1.07 bits per heavy atom. The molecule has 156 valence electrons. The maximum atomic E-state index is 12.5. The van der Waals surface area contributed by atoms with Crippen LogP contribution in [0.15, 0.2) is 36.4 Å². The predicted molar refractivity (Wildman–Crippen MR) is 113 cm³/mol. The van der Waals surface area contributed by atoms with Crippen LogP contribution in [-0.2, 0) is 9.53 Å². The fourth-order valence-electron chi connectivity index (χ4n) is 2.76. The molecule has 1 N–H and O–H groups in total. The standard InChI is InChI=1S/C23H29NO5/c1-6-7-13-28-19-12-11-18(14-20(19)27-5)23(26)29-17(4)22(25)24-21-15(2)9-8-10-16(21)3/h8-12,14,17H,6-7,13H2,1-5H3,(H,24,25). The molecule has 0 aliphatic carbocycles. The lowest BCUT2D eigenvalue weighted by molar-refractivity contribution is -0.123. The van der Waals surface area contributed by atoms with E-state index in [1.54, 1.807) is 25.1 Å². The van der Waals surface area contributed by atoms with E-state index < -0.39 is 12.1 Å². The van der Waals surface area contributed by atoms with Gasteiger partial charge in [0.15, 0.2) is 17.6 Å². The maximum Gasteiger partial charge on any atom is 0.339 e. The molecule has 1 atom stereocenters. The number of nitrogens with one attached hydrogen (secondary N) is 1. The molecule has 2 aromatic rings. The van der Waals surface area contributed by atoms with Crippen molar-refractivity contribution in [2.75, 3.05) is 19.0 Å².